The summed E-state index contributed by atoms with van der Waals surface area (Å²) in [5, 5.41) is 2.77. The first-order valence-corrected chi connectivity index (χ1v) is 11.2. The lowest BCUT2D eigenvalue weighted by atomic mass is 9.85. The van der Waals surface area contributed by atoms with E-state index in [1.165, 1.54) is 6.92 Å². The SMILES string of the molecule is CC(=O)Oc1c(C)c(C)c2c(c1C)CCC(C)(C(=S)N1CCC3(CC1)CNC(=O)O3)O2. The summed E-state index contributed by atoms with van der Waals surface area (Å²) in [7, 11) is 0. The molecule has 0 bridgehead atoms. The molecule has 1 aromatic carbocycles. The van der Waals surface area contributed by atoms with E-state index in [0.29, 0.717) is 12.3 Å². The van der Waals surface area contributed by atoms with Gasteiger partial charge in [0.15, 0.2) is 5.60 Å². The molecule has 7 nitrogen and oxygen atoms in total. The second kappa shape index (κ2) is 7.65. The van der Waals surface area contributed by atoms with Gasteiger partial charge in [-0.05, 0) is 57.2 Å². The van der Waals surface area contributed by atoms with Crippen LogP contribution >= 0.6 is 12.2 Å². The number of fused-ring (bicyclic) bond motifs is 1. The first kappa shape index (κ1) is 21.9. The Kier molecular flexibility index (Phi) is 5.40. The van der Waals surface area contributed by atoms with E-state index < -0.39 is 11.2 Å². The van der Waals surface area contributed by atoms with Crippen LogP contribution in [0.2, 0.25) is 0 Å². The van der Waals surface area contributed by atoms with E-state index in [4.69, 9.17) is 26.4 Å². The number of amides is 1. The second-order valence-corrected chi connectivity index (χ2v) is 9.54. The number of thiocarbonyl (C=S) groups is 1. The number of hydrogen-bond donors (Lipinski definition) is 1. The predicted molar refractivity (Wildman–Crippen MR) is 120 cm³/mol. The molecular weight excluding hydrogens is 416 g/mol. The lowest BCUT2D eigenvalue weighted by Crippen LogP contribution is -2.56. The highest BCUT2D eigenvalue weighted by atomic mass is 32.1. The Hall–Kier alpha value is -2.35. The standard InChI is InChI=1S/C23H30N2O5S/c1-13-14(2)19-17(15(3)18(13)28-16(4)26)6-7-22(5,29-19)20(31)25-10-8-23(9-11-25)12-24-21(27)30-23/h6-12H2,1-5H3,(H,24,27). The maximum atomic E-state index is 11.6. The Balaban J connectivity index is 1.54. The highest BCUT2D eigenvalue weighted by Gasteiger charge is 2.46. The summed E-state index contributed by atoms with van der Waals surface area (Å²) in [6.45, 7) is 11.5. The zero-order valence-electron chi connectivity index (χ0n) is 18.8. The maximum Gasteiger partial charge on any atom is 0.407 e. The van der Waals surface area contributed by atoms with Gasteiger partial charge in [0.05, 0.1) is 6.54 Å². The first-order valence-electron chi connectivity index (χ1n) is 10.8. The second-order valence-electron chi connectivity index (χ2n) is 9.16. The summed E-state index contributed by atoms with van der Waals surface area (Å²) in [6, 6.07) is 0. The Bertz CT molecular complexity index is 967. The summed E-state index contributed by atoms with van der Waals surface area (Å²) < 4.78 is 17.6. The molecule has 3 heterocycles. The van der Waals surface area contributed by atoms with Crippen LogP contribution in [0.15, 0.2) is 0 Å². The van der Waals surface area contributed by atoms with Crippen molar-refractivity contribution in [3.8, 4) is 11.5 Å². The van der Waals surface area contributed by atoms with Crippen molar-refractivity contribution < 1.29 is 23.8 Å². The van der Waals surface area contributed by atoms with E-state index in [1.807, 2.05) is 20.8 Å². The average molecular weight is 447 g/mol. The van der Waals surface area contributed by atoms with E-state index in [1.54, 1.807) is 0 Å². The fraction of sp³-hybridized carbons (Fsp3) is 0.609. The lowest BCUT2D eigenvalue weighted by Gasteiger charge is -2.45. The minimum absolute atomic E-state index is 0.320. The maximum absolute atomic E-state index is 11.6. The molecule has 2 saturated heterocycles. The number of nitrogens with zero attached hydrogens (tertiary/aromatic N) is 1. The van der Waals surface area contributed by atoms with Gasteiger partial charge in [0.25, 0.3) is 0 Å². The van der Waals surface area contributed by atoms with Gasteiger partial charge in [-0.25, -0.2) is 4.79 Å². The molecule has 3 aliphatic rings. The third-order valence-electron chi connectivity index (χ3n) is 7.01. The molecule has 1 atom stereocenters. The molecule has 31 heavy (non-hydrogen) atoms. The predicted octanol–water partition coefficient (Wildman–Crippen LogP) is 3.52. The number of piperidine rings is 1. The number of carbonyl (C=O) groups is 2. The van der Waals surface area contributed by atoms with E-state index in [2.05, 4.69) is 17.1 Å². The van der Waals surface area contributed by atoms with Crippen LogP contribution in [-0.2, 0) is 16.0 Å². The summed E-state index contributed by atoms with van der Waals surface area (Å²) in [6.07, 6.45) is 2.72. The van der Waals surface area contributed by atoms with Crippen LogP contribution < -0.4 is 14.8 Å². The van der Waals surface area contributed by atoms with Gasteiger partial charge < -0.3 is 24.4 Å². The number of rotatable bonds is 2. The van der Waals surface area contributed by atoms with Crippen LogP contribution in [0, 0.1) is 20.8 Å². The molecule has 0 saturated carbocycles. The summed E-state index contributed by atoms with van der Waals surface area (Å²) in [5.41, 5.74) is 2.94. The van der Waals surface area contributed by atoms with Gasteiger partial charge >= 0.3 is 12.1 Å². The van der Waals surface area contributed by atoms with Crippen LogP contribution in [-0.4, -0.2) is 52.8 Å². The zero-order valence-corrected chi connectivity index (χ0v) is 19.7. The zero-order chi connectivity index (χ0) is 22.6. The molecule has 2 fully saturated rings. The number of likely N-dealkylation sites (tertiary alicyclic amines) is 1. The Morgan fingerprint density at radius 3 is 2.35 bits per heavy atom. The molecule has 168 valence electrons. The van der Waals surface area contributed by atoms with Crippen molar-refractivity contribution in [1.29, 1.82) is 0 Å². The molecule has 0 radical (unpaired) electrons. The van der Waals surface area contributed by atoms with E-state index >= 15 is 0 Å². The molecule has 8 heteroatoms. The number of esters is 1. The van der Waals surface area contributed by atoms with Crippen molar-refractivity contribution in [1.82, 2.24) is 10.2 Å². The van der Waals surface area contributed by atoms with Gasteiger partial charge in [-0.2, -0.15) is 0 Å². The van der Waals surface area contributed by atoms with E-state index in [9.17, 15) is 9.59 Å². The third-order valence-corrected chi connectivity index (χ3v) is 7.70. The van der Waals surface area contributed by atoms with Gasteiger partial charge in [-0.15, -0.1) is 0 Å². The lowest BCUT2D eigenvalue weighted by molar-refractivity contribution is -0.132. The van der Waals surface area contributed by atoms with Gasteiger partial charge in [0.1, 0.15) is 22.1 Å². The number of nitrogens with one attached hydrogen (secondary N) is 1. The number of benzene rings is 1. The normalized spacial score (nSPS) is 24.2. The van der Waals surface area contributed by atoms with Gasteiger partial charge in [-0.3, -0.25) is 4.79 Å². The largest absolute Gasteiger partial charge is 0.480 e. The topological polar surface area (TPSA) is 77.1 Å². The van der Waals surface area contributed by atoms with Gasteiger partial charge in [-0.1, -0.05) is 12.2 Å². The molecule has 1 aromatic rings. The average Bonchev–Trinajstić information content (AvgIpc) is 3.09. The highest BCUT2D eigenvalue weighted by Crippen LogP contribution is 2.45. The third kappa shape index (κ3) is 3.75. The number of carbonyl (C=O) groups excluding carboxylic acids is 2. The Morgan fingerprint density at radius 2 is 1.77 bits per heavy atom. The molecular formula is C23H30N2O5S. The number of alkyl carbamates (subject to hydrolysis) is 1. The van der Waals surface area contributed by atoms with Gasteiger partial charge in [0, 0.05) is 38.4 Å². The molecule has 1 N–H and O–H groups in total. The van der Waals surface area contributed by atoms with Crippen LogP contribution in [0.25, 0.3) is 0 Å². The number of hydrogen-bond acceptors (Lipinski definition) is 6. The fourth-order valence-electron chi connectivity index (χ4n) is 4.91. The van der Waals surface area contributed by atoms with Crippen molar-refractivity contribution in [2.75, 3.05) is 19.6 Å². The van der Waals surface area contributed by atoms with E-state index in [0.717, 1.165) is 71.8 Å². The van der Waals surface area contributed by atoms with Crippen LogP contribution in [0.4, 0.5) is 4.79 Å². The molecule has 1 amide bonds. The van der Waals surface area contributed by atoms with Crippen LogP contribution in [0.3, 0.4) is 0 Å². The highest BCUT2D eigenvalue weighted by molar-refractivity contribution is 7.80. The van der Waals surface area contributed by atoms with Crippen molar-refractivity contribution in [2.45, 2.75) is 71.5 Å². The fourth-order valence-corrected chi connectivity index (χ4v) is 5.24. The smallest absolute Gasteiger partial charge is 0.407 e. The summed E-state index contributed by atoms with van der Waals surface area (Å²) in [4.78, 5) is 26.1. The van der Waals surface area contributed by atoms with Crippen LogP contribution in [0.1, 0.15) is 55.4 Å². The first-order chi connectivity index (χ1) is 14.6. The molecule has 1 unspecified atom stereocenters. The Morgan fingerprint density at radius 1 is 1.10 bits per heavy atom. The minimum atomic E-state index is -0.593. The van der Waals surface area contributed by atoms with Crippen molar-refractivity contribution in [3.05, 3.63) is 22.3 Å². The van der Waals surface area contributed by atoms with Gasteiger partial charge in [0.2, 0.25) is 0 Å². The summed E-state index contributed by atoms with van der Waals surface area (Å²) >= 11 is 5.92. The monoisotopic (exact) mass is 446 g/mol. The molecule has 0 aromatic heterocycles. The quantitative estimate of drug-likeness (QED) is 0.423. The summed E-state index contributed by atoms with van der Waals surface area (Å²) in [5.74, 6) is 1.17. The number of ether oxygens (including phenoxy) is 3. The van der Waals surface area contributed by atoms with E-state index in [-0.39, 0.29) is 12.1 Å². The van der Waals surface area contributed by atoms with Crippen LogP contribution in [0.5, 0.6) is 11.5 Å². The Labute approximate surface area is 188 Å². The van der Waals surface area contributed by atoms with Crippen molar-refractivity contribution in [2.24, 2.45) is 0 Å². The van der Waals surface area contributed by atoms with Crippen molar-refractivity contribution in [3.63, 3.8) is 0 Å². The molecule has 4 rings (SSSR count). The molecule has 0 aliphatic carbocycles. The minimum Gasteiger partial charge on any atom is -0.480 e. The van der Waals surface area contributed by atoms with Crippen molar-refractivity contribution >= 4 is 29.3 Å². The molecule has 1 spiro atoms. The molecule has 3 aliphatic heterocycles.